The van der Waals surface area contributed by atoms with E-state index < -0.39 is 75.4 Å². The van der Waals surface area contributed by atoms with Crippen molar-refractivity contribution in [3.63, 3.8) is 0 Å². The number of nitrogen functional groups attached to an aromatic ring is 1. The van der Waals surface area contributed by atoms with Gasteiger partial charge in [-0.2, -0.15) is 15.4 Å². The number of para-hydroxylation sites is 1. The molecule has 0 spiro atoms. The Morgan fingerprint density at radius 1 is 0.927 bits per heavy atom. The first kappa shape index (κ1) is 44.7. The van der Waals surface area contributed by atoms with Crippen LogP contribution in [0.1, 0.15) is 32.6 Å². The van der Waals surface area contributed by atoms with Gasteiger partial charge in [0.1, 0.15) is 49.5 Å². The molecule has 0 bridgehead atoms. The molecule has 1 aromatic carbocycles. The van der Waals surface area contributed by atoms with E-state index in [0.717, 1.165) is 13.4 Å². The van der Waals surface area contributed by atoms with Crippen LogP contribution in [0.2, 0.25) is 0 Å². The predicted molar refractivity (Wildman–Crippen MR) is 191 cm³/mol. The van der Waals surface area contributed by atoms with Crippen molar-refractivity contribution in [3.8, 4) is 11.8 Å². The van der Waals surface area contributed by atoms with Crippen LogP contribution in [-0.2, 0) is 61.4 Å². The number of methoxy groups -OCH3 is 3. The van der Waals surface area contributed by atoms with Gasteiger partial charge < -0.3 is 48.2 Å². The summed E-state index contributed by atoms with van der Waals surface area (Å²) in [6.45, 7) is 2.80. The van der Waals surface area contributed by atoms with Crippen LogP contribution in [0.4, 0.5) is 5.82 Å². The Hall–Kier alpha value is -4.71. The van der Waals surface area contributed by atoms with Crippen LogP contribution in [0.25, 0.3) is 5.52 Å². The van der Waals surface area contributed by atoms with E-state index in [4.69, 9.17) is 52.7 Å². The van der Waals surface area contributed by atoms with Crippen LogP contribution in [0, 0.1) is 11.3 Å². The van der Waals surface area contributed by atoms with E-state index in [9.17, 15) is 24.2 Å². The summed E-state index contributed by atoms with van der Waals surface area (Å²) in [6.07, 6.45) is -3.01. The molecule has 302 valence electrons. The number of carbonyl (C=O) groups is 3. The number of nitrogens with one attached hydrogen (secondary N) is 1. The Morgan fingerprint density at radius 3 is 2.15 bits per heavy atom. The van der Waals surface area contributed by atoms with Crippen LogP contribution in [0.5, 0.6) is 5.75 Å². The Labute approximate surface area is 317 Å². The number of rotatable bonds is 25. The fourth-order valence-electron chi connectivity index (χ4n) is 4.73. The normalized spacial score (nSPS) is 15.2. The first-order chi connectivity index (χ1) is 26.3. The fraction of sp³-hybridized carbons (Fsp3) is 0.529. The van der Waals surface area contributed by atoms with Gasteiger partial charge in [-0.25, -0.2) is 23.7 Å². The van der Waals surface area contributed by atoms with Crippen molar-refractivity contribution >= 4 is 37.0 Å². The van der Waals surface area contributed by atoms with E-state index in [1.165, 1.54) is 49.9 Å². The molecule has 20 nitrogen and oxygen atoms in total. The monoisotopic (exact) mass is 794 g/mol. The van der Waals surface area contributed by atoms with Crippen molar-refractivity contribution in [2.45, 2.75) is 50.7 Å². The number of fused-ring (bicyclic) bond motifs is 1. The van der Waals surface area contributed by atoms with E-state index in [1.54, 1.807) is 32.0 Å². The van der Waals surface area contributed by atoms with E-state index in [2.05, 4.69) is 15.2 Å². The van der Waals surface area contributed by atoms with Crippen LogP contribution < -0.4 is 15.3 Å². The van der Waals surface area contributed by atoms with Gasteiger partial charge in [0, 0.05) is 21.3 Å². The molecule has 0 amide bonds. The van der Waals surface area contributed by atoms with Gasteiger partial charge in [-0.3, -0.25) is 9.32 Å². The number of anilines is 1. The number of nitriles is 1. The molecule has 3 N–H and O–H groups in total. The number of nitrogens with two attached hydrogens (primary N) is 1. The zero-order valence-electron chi connectivity index (χ0n) is 31.4. The van der Waals surface area contributed by atoms with Crippen LogP contribution in [-0.4, -0.2) is 124 Å². The zero-order valence-corrected chi connectivity index (χ0v) is 32.3. The molecular formula is C34H47N6O14P. The van der Waals surface area contributed by atoms with Gasteiger partial charge >= 0.3 is 25.7 Å². The number of nitrogens with zero attached hydrogens (tertiary/aromatic N) is 4. The minimum absolute atomic E-state index is 0.00686. The standard InChI is InChI=1S/C34H47N6O14P/c1-23(2)51-33(43)24(3)39-55(44,54-25-10-8-7-9-11-25)50-21-34(20-35,47-6)31(53-29(42)19-49-17-15-46-5)30(52-28(41)18-48-16-14-45-4)26-12-13-27-32(36)37-22-38-40(26)27/h7-13,22-24,30-31H,14-19,21H2,1-6H3,(H,39,44)(H2,36,37,38)/t24-,30-,31-,34+,55?/m0/s1. The SMILES string of the molecule is COCCOCC(=O)O[C@@H](c1ccc2c(N)ncnn12)[C@H](OC(=O)COCCOC)[C@@](C#N)(COP(=O)(N[C@@H](C)C(=O)OC(C)C)Oc1ccccc1)OC. The summed E-state index contributed by atoms with van der Waals surface area (Å²) in [6, 6.07) is 11.5. The van der Waals surface area contributed by atoms with Gasteiger partial charge in [0.25, 0.3) is 0 Å². The highest BCUT2D eigenvalue weighted by Crippen LogP contribution is 2.47. The Bertz CT molecular complexity index is 1770. The molecule has 5 atom stereocenters. The fourth-order valence-corrected chi connectivity index (χ4v) is 6.25. The maximum absolute atomic E-state index is 14.5. The number of ether oxygens (including phenoxy) is 8. The van der Waals surface area contributed by atoms with Gasteiger partial charge in [-0.1, -0.05) is 18.2 Å². The summed E-state index contributed by atoms with van der Waals surface area (Å²) in [5.41, 5.74) is 3.94. The maximum atomic E-state index is 14.5. The quantitative estimate of drug-likeness (QED) is 0.0539. The Kier molecular flexibility index (Phi) is 17.9. The van der Waals surface area contributed by atoms with Gasteiger partial charge in [-0.15, -0.1) is 0 Å². The lowest BCUT2D eigenvalue weighted by Gasteiger charge is -2.37. The average Bonchev–Trinajstić information content (AvgIpc) is 3.59. The highest BCUT2D eigenvalue weighted by atomic mass is 31.2. The molecule has 0 fully saturated rings. The number of aromatic nitrogens is 3. The number of benzene rings is 1. The molecule has 55 heavy (non-hydrogen) atoms. The lowest BCUT2D eigenvalue weighted by molar-refractivity contribution is -0.198. The molecule has 2 aromatic heterocycles. The highest BCUT2D eigenvalue weighted by Gasteiger charge is 2.52. The first-order valence-corrected chi connectivity index (χ1v) is 18.4. The van der Waals surface area contributed by atoms with E-state index in [0.29, 0.717) is 0 Å². The third-order valence-electron chi connectivity index (χ3n) is 7.39. The van der Waals surface area contributed by atoms with Crippen molar-refractivity contribution in [2.24, 2.45) is 0 Å². The second kappa shape index (κ2) is 22.0. The molecule has 3 aromatic rings. The lowest BCUT2D eigenvalue weighted by atomic mass is 9.92. The summed E-state index contributed by atoms with van der Waals surface area (Å²) < 4.78 is 70.6. The Balaban J connectivity index is 2.14. The summed E-state index contributed by atoms with van der Waals surface area (Å²) in [5.74, 6) is -2.66. The molecular weight excluding hydrogens is 747 g/mol. The molecule has 0 radical (unpaired) electrons. The zero-order chi connectivity index (χ0) is 40.4. The average molecular weight is 795 g/mol. The second-order valence-electron chi connectivity index (χ2n) is 11.8. The van der Waals surface area contributed by atoms with Crippen LogP contribution >= 0.6 is 7.75 Å². The maximum Gasteiger partial charge on any atom is 0.459 e. The first-order valence-electron chi connectivity index (χ1n) is 16.9. The highest BCUT2D eigenvalue weighted by molar-refractivity contribution is 7.52. The minimum atomic E-state index is -4.64. The van der Waals surface area contributed by atoms with Crippen molar-refractivity contribution in [3.05, 3.63) is 54.5 Å². The summed E-state index contributed by atoms with van der Waals surface area (Å²) >= 11 is 0. The molecule has 2 heterocycles. The molecule has 0 saturated heterocycles. The largest absolute Gasteiger partial charge is 0.462 e. The lowest BCUT2D eigenvalue weighted by Crippen LogP contribution is -2.53. The summed E-state index contributed by atoms with van der Waals surface area (Å²) in [5, 5.41) is 17.6. The van der Waals surface area contributed by atoms with Gasteiger partial charge in [0.2, 0.25) is 5.60 Å². The minimum Gasteiger partial charge on any atom is -0.462 e. The van der Waals surface area contributed by atoms with E-state index >= 15 is 0 Å². The molecule has 3 rings (SSSR count). The molecule has 0 aliphatic carbocycles. The summed E-state index contributed by atoms with van der Waals surface area (Å²) in [7, 11) is -0.665. The topological polar surface area (TPSA) is 253 Å². The van der Waals surface area contributed by atoms with Crippen LogP contribution in [0.15, 0.2) is 48.8 Å². The molecule has 0 aliphatic heterocycles. The third-order valence-corrected chi connectivity index (χ3v) is 9.01. The molecule has 0 saturated carbocycles. The smallest absolute Gasteiger partial charge is 0.459 e. The summed E-state index contributed by atoms with van der Waals surface area (Å²) in [4.78, 5) is 43.5. The molecule has 0 aliphatic rings. The van der Waals surface area contributed by atoms with Crippen LogP contribution in [0.3, 0.4) is 0 Å². The van der Waals surface area contributed by atoms with Crippen molar-refractivity contribution < 1.29 is 65.9 Å². The number of esters is 3. The molecule has 21 heteroatoms. The van der Waals surface area contributed by atoms with Crippen molar-refractivity contribution in [2.75, 3.05) is 73.3 Å². The number of carbonyl (C=O) groups excluding carboxylic acids is 3. The van der Waals surface area contributed by atoms with Gasteiger partial charge in [-0.05, 0) is 45.0 Å². The molecule has 1 unspecified atom stereocenters. The number of hydrogen-bond donors (Lipinski definition) is 2. The van der Waals surface area contributed by atoms with Crippen molar-refractivity contribution in [1.82, 2.24) is 19.7 Å². The van der Waals surface area contributed by atoms with Gasteiger partial charge in [0.15, 0.2) is 18.0 Å². The van der Waals surface area contributed by atoms with Gasteiger partial charge in [0.05, 0.1) is 38.2 Å². The third kappa shape index (κ3) is 13.2. The van der Waals surface area contributed by atoms with E-state index in [-0.39, 0.29) is 49.2 Å². The predicted octanol–water partition coefficient (Wildman–Crippen LogP) is 2.18. The number of hydrogen-bond acceptors (Lipinski definition) is 18. The Morgan fingerprint density at radius 2 is 1.56 bits per heavy atom. The van der Waals surface area contributed by atoms with Crippen molar-refractivity contribution in [1.29, 1.82) is 5.26 Å². The second-order valence-corrected chi connectivity index (χ2v) is 13.5. The van der Waals surface area contributed by atoms with E-state index in [1.807, 2.05) is 6.07 Å².